The number of halogens is 1. The van der Waals surface area contributed by atoms with Gasteiger partial charge < -0.3 is 9.64 Å². The SMILES string of the molecule is COc1ccc(N2C(=O)NC(=O)[C@]3(Cc4cccc(F)c4N4CCCC[C@H]43)C2=O)cc1. The molecule has 0 saturated carbocycles. The number of barbiturate groups is 1. The second-order valence-electron chi connectivity index (χ2n) is 8.20. The predicted molar refractivity (Wildman–Crippen MR) is 112 cm³/mol. The lowest BCUT2D eigenvalue weighted by Crippen LogP contribution is -2.73. The van der Waals surface area contributed by atoms with Gasteiger partial charge in [0.25, 0.3) is 5.91 Å². The van der Waals surface area contributed by atoms with E-state index < -0.39 is 29.3 Å². The third-order valence-corrected chi connectivity index (χ3v) is 6.64. The van der Waals surface area contributed by atoms with E-state index >= 15 is 0 Å². The molecule has 2 aromatic carbocycles. The van der Waals surface area contributed by atoms with Crippen molar-refractivity contribution >= 4 is 29.2 Å². The van der Waals surface area contributed by atoms with Crippen LogP contribution < -0.4 is 19.9 Å². The molecule has 0 unspecified atom stereocenters. The Morgan fingerprint density at radius 2 is 1.87 bits per heavy atom. The van der Waals surface area contributed by atoms with Crippen molar-refractivity contribution in [3.05, 3.63) is 53.8 Å². The number of carbonyl (C=O) groups excluding carboxylic acids is 3. The highest BCUT2D eigenvalue weighted by atomic mass is 19.1. The Kier molecular flexibility index (Phi) is 4.46. The number of benzene rings is 2. The molecule has 0 radical (unpaired) electrons. The number of anilines is 2. The van der Waals surface area contributed by atoms with Gasteiger partial charge in [-0.3, -0.25) is 14.9 Å². The van der Waals surface area contributed by atoms with Crippen molar-refractivity contribution < 1.29 is 23.5 Å². The van der Waals surface area contributed by atoms with Crippen LogP contribution in [0.3, 0.4) is 0 Å². The maximum Gasteiger partial charge on any atom is 0.335 e. The predicted octanol–water partition coefficient (Wildman–Crippen LogP) is 3.02. The first-order valence-electron chi connectivity index (χ1n) is 10.4. The summed E-state index contributed by atoms with van der Waals surface area (Å²) in [4.78, 5) is 42.8. The number of hydrogen-bond donors (Lipinski definition) is 1. The molecule has 2 fully saturated rings. The molecule has 2 atom stereocenters. The van der Waals surface area contributed by atoms with Gasteiger partial charge in [0.1, 0.15) is 11.6 Å². The van der Waals surface area contributed by atoms with Gasteiger partial charge in [0.05, 0.1) is 24.5 Å². The Morgan fingerprint density at radius 1 is 1.10 bits per heavy atom. The molecule has 3 aliphatic rings. The lowest BCUT2D eigenvalue weighted by Gasteiger charge is -2.53. The van der Waals surface area contributed by atoms with Crippen LogP contribution >= 0.6 is 0 Å². The second kappa shape index (κ2) is 7.08. The molecule has 2 saturated heterocycles. The fraction of sp³-hybridized carbons (Fsp3) is 0.348. The number of amides is 4. The number of hydrogen-bond acceptors (Lipinski definition) is 5. The highest BCUT2D eigenvalue weighted by Crippen LogP contribution is 2.48. The first kappa shape index (κ1) is 19.5. The molecule has 31 heavy (non-hydrogen) atoms. The van der Waals surface area contributed by atoms with E-state index in [1.807, 2.05) is 4.90 Å². The molecule has 7 nitrogen and oxygen atoms in total. The lowest BCUT2D eigenvalue weighted by atomic mass is 9.66. The van der Waals surface area contributed by atoms with Crippen LogP contribution in [0.4, 0.5) is 20.6 Å². The highest BCUT2D eigenvalue weighted by molar-refractivity contribution is 6.30. The first-order valence-corrected chi connectivity index (χ1v) is 10.4. The molecule has 3 heterocycles. The zero-order valence-corrected chi connectivity index (χ0v) is 17.1. The molecule has 4 amide bonds. The third kappa shape index (κ3) is 2.74. The molecular formula is C23H22FN3O4. The lowest BCUT2D eigenvalue weighted by molar-refractivity contribution is -0.145. The van der Waals surface area contributed by atoms with Gasteiger partial charge in [0.15, 0.2) is 5.41 Å². The van der Waals surface area contributed by atoms with E-state index in [1.165, 1.54) is 13.2 Å². The van der Waals surface area contributed by atoms with Gasteiger partial charge in [-0.2, -0.15) is 0 Å². The Morgan fingerprint density at radius 3 is 2.61 bits per heavy atom. The van der Waals surface area contributed by atoms with Gasteiger partial charge in [-0.25, -0.2) is 14.1 Å². The molecule has 0 aliphatic carbocycles. The summed E-state index contributed by atoms with van der Waals surface area (Å²) in [5.74, 6) is -0.955. The summed E-state index contributed by atoms with van der Waals surface area (Å²) in [6.45, 7) is 0.553. The van der Waals surface area contributed by atoms with Crippen molar-refractivity contribution in [2.75, 3.05) is 23.5 Å². The van der Waals surface area contributed by atoms with E-state index in [-0.39, 0.29) is 12.2 Å². The Balaban J connectivity index is 1.64. The average Bonchev–Trinajstić information content (AvgIpc) is 2.78. The van der Waals surface area contributed by atoms with Gasteiger partial charge in [0.2, 0.25) is 5.91 Å². The number of ether oxygens (including phenoxy) is 1. The molecule has 8 heteroatoms. The van der Waals surface area contributed by atoms with Crippen LogP contribution in [0.2, 0.25) is 0 Å². The second-order valence-corrected chi connectivity index (χ2v) is 8.20. The number of urea groups is 1. The molecule has 3 aliphatic heterocycles. The minimum atomic E-state index is -1.50. The number of nitrogens with one attached hydrogen (secondary N) is 1. The Bertz CT molecular complexity index is 1090. The largest absolute Gasteiger partial charge is 0.497 e. The number of para-hydroxylation sites is 1. The summed E-state index contributed by atoms with van der Waals surface area (Å²) in [5, 5.41) is 2.40. The number of rotatable bonds is 2. The van der Waals surface area contributed by atoms with Crippen LogP contribution in [0.25, 0.3) is 0 Å². The van der Waals surface area contributed by atoms with E-state index in [4.69, 9.17) is 4.74 Å². The Labute approximate surface area is 178 Å². The fourth-order valence-corrected chi connectivity index (χ4v) is 5.22. The molecule has 0 aromatic heterocycles. The van der Waals surface area contributed by atoms with Crippen molar-refractivity contribution in [3.8, 4) is 5.75 Å². The quantitative estimate of drug-likeness (QED) is 0.752. The molecule has 160 valence electrons. The number of imide groups is 2. The fourth-order valence-electron chi connectivity index (χ4n) is 5.22. The van der Waals surface area contributed by atoms with Gasteiger partial charge in [-0.15, -0.1) is 0 Å². The highest BCUT2D eigenvalue weighted by Gasteiger charge is 2.62. The summed E-state index contributed by atoms with van der Waals surface area (Å²) in [6, 6.07) is 9.95. The van der Waals surface area contributed by atoms with Crippen molar-refractivity contribution in [1.29, 1.82) is 0 Å². The normalized spacial score (nSPS) is 25.2. The summed E-state index contributed by atoms with van der Waals surface area (Å²) in [6.07, 6.45) is 2.28. The van der Waals surface area contributed by atoms with E-state index in [9.17, 15) is 18.8 Å². The molecule has 5 rings (SSSR count). The molecule has 2 aromatic rings. The van der Waals surface area contributed by atoms with Gasteiger partial charge in [-0.05, 0) is 61.6 Å². The number of nitrogens with zero attached hydrogens (tertiary/aromatic N) is 2. The number of fused-ring (bicyclic) bond motifs is 4. The van der Waals surface area contributed by atoms with E-state index in [2.05, 4.69) is 5.32 Å². The Hall–Kier alpha value is -3.42. The van der Waals surface area contributed by atoms with Crippen LogP contribution in [0.5, 0.6) is 5.75 Å². The van der Waals surface area contributed by atoms with E-state index in [0.29, 0.717) is 35.7 Å². The minimum Gasteiger partial charge on any atom is -0.497 e. The van der Waals surface area contributed by atoms with Crippen LogP contribution in [-0.4, -0.2) is 37.5 Å². The van der Waals surface area contributed by atoms with Crippen molar-refractivity contribution in [1.82, 2.24) is 5.32 Å². The van der Waals surface area contributed by atoms with E-state index in [0.717, 1.165) is 17.7 Å². The minimum absolute atomic E-state index is 0.0475. The first-order chi connectivity index (χ1) is 15.0. The van der Waals surface area contributed by atoms with Gasteiger partial charge >= 0.3 is 6.03 Å². The maximum absolute atomic E-state index is 14.8. The number of piperidine rings is 1. The van der Waals surface area contributed by atoms with Gasteiger partial charge in [0, 0.05) is 6.54 Å². The summed E-state index contributed by atoms with van der Waals surface area (Å²) < 4.78 is 19.9. The summed E-state index contributed by atoms with van der Waals surface area (Å²) in [7, 11) is 1.53. The molecule has 1 spiro atoms. The maximum atomic E-state index is 14.8. The monoisotopic (exact) mass is 423 g/mol. The summed E-state index contributed by atoms with van der Waals surface area (Å²) >= 11 is 0. The van der Waals surface area contributed by atoms with Crippen molar-refractivity contribution in [2.45, 2.75) is 31.7 Å². The number of carbonyl (C=O) groups is 3. The van der Waals surface area contributed by atoms with Crippen molar-refractivity contribution in [2.24, 2.45) is 5.41 Å². The zero-order valence-electron chi connectivity index (χ0n) is 17.1. The average molecular weight is 423 g/mol. The smallest absolute Gasteiger partial charge is 0.335 e. The summed E-state index contributed by atoms with van der Waals surface area (Å²) in [5.41, 5.74) is -0.0886. The number of methoxy groups -OCH3 is 1. The molecule has 0 bridgehead atoms. The van der Waals surface area contributed by atoms with Crippen LogP contribution in [0.1, 0.15) is 24.8 Å². The topological polar surface area (TPSA) is 79.0 Å². The van der Waals surface area contributed by atoms with E-state index in [1.54, 1.807) is 36.4 Å². The molecule has 1 N–H and O–H groups in total. The zero-order chi connectivity index (χ0) is 21.8. The van der Waals surface area contributed by atoms with Crippen LogP contribution in [0.15, 0.2) is 42.5 Å². The third-order valence-electron chi connectivity index (χ3n) is 6.64. The standard InChI is InChI=1S/C23H22FN3O4/c1-31-16-10-8-15(9-11-16)27-21(29)23(20(28)25-22(27)30)13-14-5-4-6-17(24)19(14)26-12-3-2-7-18(23)26/h4-6,8-11,18H,2-3,7,12-13H2,1H3,(H,25,28,30)/t18-,23+/m0/s1. The van der Waals surface area contributed by atoms with Gasteiger partial charge in [-0.1, -0.05) is 12.1 Å². The van der Waals surface area contributed by atoms with Crippen molar-refractivity contribution in [3.63, 3.8) is 0 Å². The molecular weight excluding hydrogens is 401 g/mol. The van der Waals surface area contributed by atoms with Crippen LogP contribution in [0, 0.1) is 11.2 Å². The van der Waals surface area contributed by atoms with Crippen LogP contribution in [-0.2, 0) is 16.0 Å².